The molecule has 2 atom stereocenters. The Balaban J connectivity index is 2.08. The molecule has 2 rings (SSSR count). The highest BCUT2D eigenvalue weighted by molar-refractivity contribution is 5.78. The first kappa shape index (κ1) is 13.1. The van der Waals surface area contributed by atoms with Crippen molar-refractivity contribution < 1.29 is 9.90 Å². The molecule has 98 valence electrons. The van der Waals surface area contributed by atoms with Crippen LogP contribution in [0.2, 0.25) is 0 Å². The molecule has 1 N–H and O–H groups in total. The van der Waals surface area contributed by atoms with Crippen molar-refractivity contribution in [1.29, 1.82) is 0 Å². The summed E-state index contributed by atoms with van der Waals surface area (Å²) in [6, 6.07) is 10.3. The van der Waals surface area contributed by atoms with Gasteiger partial charge in [-0.25, -0.2) is 0 Å². The van der Waals surface area contributed by atoms with Crippen molar-refractivity contribution in [3.05, 3.63) is 35.9 Å². The van der Waals surface area contributed by atoms with E-state index >= 15 is 0 Å². The van der Waals surface area contributed by atoms with Crippen molar-refractivity contribution in [2.24, 2.45) is 0 Å². The van der Waals surface area contributed by atoms with E-state index in [0.717, 1.165) is 25.9 Å². The molecule has 0 aliphatic carbocycles. The summed E-state index contributed by atoms with van der Waals surface area (Å²) in [5.74, 6) is -0.330. The Bertz CT molecular complexity index is 418. The van der Waals surface area contributed by atoms with Crippen LogP contribution in [0.3, 0.4) is 0 Å². The molecule has 1 aliphatic heterocycles. The van der Waals surface area contributed by atoms with Gasteiger partial charge in [0.15, 0.2) is 0 Å². The first-order valence-corrected chi connectivity index (χ1v) is 6.57. The number of aliphatic carboxylic acids is 1. The third-order valence-corrected chi connectivity index (χ3v) is 4.11. The summed E-state index contributed by atoms with van der Waals surface area (Å²) in [6.45, 7) is 5.71. The lowest BCUT2D eigenvalue weighted by atomic mass is 9.96. The van der Waals surface area contributed by atoms with Gasteiger partial charge in [0.1, 0.15) is 5.54 Å². The maximum atomic E-state index is 11.4. The van der Waals surface area contributed by atoms with Crippen molar-refractivity contribution in [1.82, 2.24) is 4.90 Å². The maximum absolute atomic E-state index is 11.4. The number of hydrogen-bond acceptors (Lipinski definition) is 2. The number of nitrogens with zero attached hydrogens (tertiary/aromatic N) is 1. The maximum Gasteiger partial charge on any atom is 0.323 e. The Hall–Kier alpha value is -1.35. The highest BCUT2D eigenvalue weighted by atomic mass is 16.4. The van der Waals surface area contributed by atoms with Gasteiger partial charge in [0.2, 0.25) is 0 Å². The predicted molar refractivity (Wildman–Crippen MR) is 71.7 cm³/mol. The third-order valence-electron chi connectivity index (χ3n) is 4.11. The van der Waals surface area contributed by atoms with E-state index in [9.17, 15) is 9.90 Å². The zero-order valence-electron chi connectivity index (χ0n) is 11.1. The third kappa shape index (κ3) is 2.41. The molecule has 0 saturated carbocycles. The lowest BCUT2D eigenvalue weighted by Gasteiger charge is -2.33. The van der Waals surface area contributed by atoms with E-state index in [1.807, 2.05) is 25.1 Å². The van der Waals surface area contributed by atoms with Crippen molar-refractivity contribution in [3.63, 3.8) is 0 Å². The molecule has 1 fully saturated rings. The van der Waals surface area contributed by atoms with Gasteiger partial charge >= 0.3 is 5.97 Å². The molecule has 0 radical (unpaired) electrons. The molecule has 3 nitrogen and oxygen atoms in total. The summed E-state index contributed by atoms with van der Waals surface area (Å²) < 4.78 is 0. The molecule has 0 aromatic heterocycles. The predicted octanol–water partition coefficient (Wildman–Crippen LogP) is 2.73. The molecular weight excluding hydrogens is 226 g/mol. The van der Waals surface area contributed by atoms with E-state index in [-0.39, 0.29) is 0 Å². The molecule has 1 saturated heterocycles. The van der Waals surface area contributed by atoms with Crippen molar-refractivity contribution in [3.8, 4) is 0 Å². The molecule has 18 heavy (non-hydrogen) atoms. The topological polar surface area (TPSA) is 40.5 Å². The van der Waals surface area contributed by atoms with Crippen molar-refractivity contribution in [2.75, 3.05) is 13.1 Å². The second kappa shape index (κ2) is 5.11. The van der Waals surface area contributed by atoms with Gasteiger partial charge in [0.05, 0.1) is 0 Å². The van der Waals surface area contributed by atoms with Crippen LogP contribution in [0, 0.1) is 0 Å². The molecule has 1 aromatic rings. The molecule has 1 aromatic carbocycles. The second-order valence-corrected chi connectivity index (χ2v) is 5.44. The average Bonchev–Trinajstić information content (AvgIpc) is 2.73. The van der Waals surface area contributed by atoms with Crippen LogP contribution in [-0.4, -0.2) is 34.6 Å². The van der Waals surface area contributed by atoms with Crippen LogP contribution in [-0.2, 0) is 4.79 Å². The van der Waals surface area contributed by atoms with E-state index in [1.54, 1.807) is 0 Å². The minimum Gasteiger partial charge on any atom is -0.480 e. The van der Waals surface area contributed by atoms with Crippen LogP contribution in [0.15, 0.2) is 30.3 Å². The number of hydrogen-bond donors (Lipinski definition) is 1. The van der Waals surface area contributed by atoms with E-state index in [2.05, 4.69) is 24.0 Å². The van der Waals surface area contributed by atoms with E-state index in [4.69, 9.17) is 0 Å². The Morgan fingerprint density at radius 1 is 1.44 bits per heavy atom. The van der Waals surface area contributed by atoms with Crippen LogP contribution in [0.1, 0.15) is 38.2 Å². The van der Waals surface area contributed by atoms with E-state index < -0.39 is 11.5 Å². The lowest BCUT2D eigenvalue weighted by Crippen LogP contribution is -2.49. The van der Waals surface area contributed by atoms with Gasteiger partial charge in [-0.05, 0) is 37.8 Å². The van der Waals surface area contributed by atoms with Crippen LogP contribution < -0.4 is 0 Å². The van der Waals surface area contributed by atoms with Crippen LogP contribution in [0.4, 0.5) is 0 Å². The number of carboxylic acids is 1. The highest BCUT2D eigenvalue weighted by Gasteiger charge is 2.43. The number of rotatable bonds is 4. The molecule has 0 spiro atoms. The van der Waals surface area contributed by atoms with Gasteiger partial charge in [-0.2, -0.15) is 0 Å². The number of benzene rings is 1. The summed E-state index contributed by atoms with van der Waals surface area (Å²) >= 11 is 0. The fraction of sp³-hybridized carbons (Fsp3) is 0.533. The molecule has 3 heteroatoms. The first-order valence-electron chi connectivity index (χ1n) is 6.57. The minimum atomic E-state index is -0.694. The Morgan fingerprint density at radius 3 is 2.72 bits per heavy atom. The number of carbonyl (C=O) groups is 1. The van der Waals surface area contributed by atoms with Gasteiger partial charge < -0.3 is 5.11 Å². The van der Waals surface area contributed by atoms with E-state index in [1.165, 1.54) is 5.56 Å². The van der Waals surface area contributed by atoms with Gasteiger partial charge in [-0.1, -0.05) is 37.3 Å². The SMILES string of the molecule is CC(CN1CCCC1(C)C(=O)O)c1ccccc1. The smallest absolute Gasteiger partial charge is 0.323 e. The highest BCUT2D eigenvalue weighted by Crippen LogP contribution is 2.31. The average molecular weight is 247 g/mol. The summed E-state index contributed by atoms with van der Waals surface area (Å²) in [4.78, 5) is 13.5. The van der Waals surface area contributed by atoms with Gasteiger partial charge in [-0.15, -0.1) is 0 Å². The van der Waals surface area contributed by atoms with Gasteiger partial charge in [0.25, 0.3) is 0 Å². The second-order valence-electron chi connectivity index (χ2n) is 5.44. The molecule has 0 bridgehead atoms. The van der Waals surface area contributed by atoms with Crippen LogP contribution in [0.5, 0.6) is 0 Å². The molecule has 0 amide bonds. The van der Waals surface area contributed by atoms with Crippen LogP contribution in [0.25, 0.3) is 0 Å². The summed E-state index contributed by atoms with van der Waals surface area (Å²) in [7, 11) is 0. The fourth-order valence-electron chi connectivity index (χ4n) is 2.77. The quantitative estimate of drug-likeness (QED) is 0.889. The largest absolute Gasteiger partial charge is 0.480 e. The normalized spacial score (nSPS) is 26.1. The Kier molecular flexibility index (Phi) is 3.71. The summed E-state index contributed by atoms with van der Waals surface area (Å²) in [5, 5.41) is 9.38. The van der Waals surface area contributed by atoms with Gasteiger partial charge in [0, 0.05) is 6.54 Å². The number of carboxylic acid groups (broad SMARTS) is 1. The summed E-state index contributed by atoms with van der Waals surface area (Å²) in [5.41, 5.74) is 0.598. The van der Waals surface area contributed by atoms with Crippen molar-refractivity contribution in [2.45, 2.75) is 38.1 Å². The standard InChI is InChI=1S/C15H21NO2/c1-12(13-7-4-3-5-8-13)11-16-10-6-9-15(16,2)14(17)18/h3-5,7-8,12H,6,9-11H2,1-2H3,(H,17,18). The zero-order chi connectivity index (χ0) is 13.2. The molecular formula is C15H21NO2. The lowest BCUT2D eigenvalue weighted by molar-refractivity contribution is -0.148. The monoisotopic (exact) mass is 247 g/mol. The molecule has 1 aliphatic rings. The molecule has 1 heterocycles. The number of likely N-dealkylation sites (tertiary alicyclic amines) is 1. The minimum absolute atomic E-state index is 0.364. The van der Waals surface area contributed by atoms with E-state index in [0.29, 0.717) is 5.92 Å². The molecule has 2 unspecified atom stereocenters. The zero-order valence-corrected chi connectivity index (χ0v) is 11.1. The van der Waals surface area contributed by atoms with Gasteiger partial charge in [-0.3, -0.25) is 9.69 Å². The first-order chi connectivity index (χ1) is 8.54. The Labute approximate surface area is 108 Å². The Morgan fingerprint density at radius 2 is 2.11 bits per heavy atom. The fourth-order valence-corrected chi connectivity index (χ4v) is 2.77. The van der Waals surface area contributed by atoms with Crippen molar-refractivity contribution >= 4 is 5.97 Å². The summed E-state index contributed by atoms with van der Waals surface area (Å²) in [6.07, 6.45) is 1.73. The van der Waals surface area contributed by atoms with Crippen LogP contribution >= 0.6 is 0 Å².